The molecule has 240 valence electrons. The fraction of sp³-hybridized carbons (Fsp3) is 0.278. The van der Waals surface area contributed by atoms with Crippen LogP contribution in [0.1, 0.15) is 42.4 Å². The maximum atomic E-state index is 14.5. The van der Waals surface area contributed by atoms with Gasteiger partial charge in [-0.15, -0.1) is 0 Å². The molecule has 4 aromatic carbocycles. The van der Waals surface area contributed by atoms with Gasteiger partial charge in [0.25, 0.3) is 10.0 Å². The van der Waals surface area contributed by atoms with Gasteiger partial charge in [-0.2, -0.15) is 0 Å². The lowest BCUT2D eigenvalue weighted by atomic mass is 10.0. The van der Waals surface area contributed by atoms with E-state index in [4.69, 9.17) is 11.6 Å². The van der Waals surface area contributed by atoms with Crippen molar-refractivity contribution in [1.82, 2.24) is 10.2 Å². The number of sulfonamides is 1. The van der Waals surface area contributed by atoms with E-state index in [2.05, 4.69) is 5.32 Å². The Bertz CT molecular complexity index is 1730. The minimum Gasteiger partial charge on any atom is -0.352 e. The third-order valence-corrected chi connectivity index (χ3v) is 10.3. The molecule has 1 aliphatic carbocycles. The zero-order valence-electron chi connectivity index (χ0n) is 25.6. The number of amides is 2. The summed E-state index contributed by atoms with van der Waals surface area (Å²) in [5.74, 6) is -1.33. The van der Waals surface area contributed by atoms with E-state index in [0.29, 0.717) is 10.6 Å². The van der Waals surface area contributed by atoms with Crippen LogP contribution in [0.15, 0.2) is 108 Å². The van der Waals surface area contributed by atoms with Gasteiger partial charge in [-0.1, -0.05) is 84.6 Å². The monoisotopic (exact) mass is 661 g/mol. The molecule has 1 atom stereocenters. The van der Waals surface area contributed by atoms with Crippen molar-refractivity contribution in [1.29, 1.82) is 0 Å². The van der Waals surface area contributed by atoms with Gasteiger partial charge in [0, 0.05) is 24.0 Å². The summed E-state index contributed by atoms with van der Waals surface area (Å²) in [4.78, 5) is 30.0. The summed E-state index contributed by atoms with van der Waals surface area (Å²) in [6.07, 6.45) is 3.95. The number of carbonyl (C=O) groups excluding carboxylic acids is 2. The average Bonchev–Trinajstić information content (AvgIpc) is 3.56. The topological polar surface area (TPSA) is 86.8 Å². The molecule has 5 rings (SSSR count). The first-order valence-corrected chi connectivity index (χ1v) is 17.1. The van der Waals surface area contributed by atoms with Crippen LogP contribution < -0.4 is 9.62 Å². The van der Waals surface area contributed by atoms with Crippen molar-refractivity contribution in [3.63, 3.8) is 0 Å². The molecule has 10 heteroatoms. The molecule has 0 aliphatic heterocycles. The zero-order valence-corrected chi connectivity index (χ0v) is 27.2. The predicted octanol–water partition coefficient (Wildman–Crippen LogP) is 6.68. The van der Waals surface area contributed by atoms with Gasteiger partial charge < -0.3 is 10.2 Å². The van der Waals surface area contributed by atoms with E-state index in [-0.39, 0.29) is 35.5 Å². The lowest BCUT2D eigenvalue weighted by molar-refractivity contribution is -0.140. The summed E-state index contributed by atoms with van der Waals surface area (Å²) < 4.78 is 43.1. The second-order valence-corrected chi connectivity index (χ2v) is 13.9. The van der Waals surface area contributed by atoms with Crippen LogP contribution in [-0.4, -0.2) is 43.8 Å². The first-order valence-electron chi connectivity index (χ1n) is 15.3. The average molecular weight is 662 g/mol. The van der Waals surface area contributed by atoms with Gasteiger partial charge in [0.1, 0.15) is 18.4 Å². The molecule has 2 amide bonds. The molecular weight excluding hydrogens is 625 g/mol. The minimum absolute atomic E-state index is 0.000951. The lowest BCUT2D eigenvalue weighted by Gasteiger charge is -2.34. The number of hydrogen-bond donors (Lipinski definition) is 1. The first kappa shape index (κ1) is 33.2. The van der Waals surface area contributed by atoms with E-state index in [0.717, 1.165) is 41.1 Å². The number of benzene rings is 4. The number of aryl methyl sites for hydroxylation is 1. The molecule has 0 unspecified atom stereocenters. The summed E-state index contributed by atoms with van der Waals surface area (Å²) in [6, 6.07) is 26.7. The highest BCUT2D eigenvalue weighted by Gasteiger charge is 2.35. The number of carbonyl (C=O) groups is 2. The molecule has 0 heterocycles. The molecular formula is C36H37ClFN3O4S. The van der Waals surface area contributed by atoms with Crippen molar-refractivity contribution < 1.29 is 22.4 Å². The molecule has 1 fully saturated rings. The van der Waals surface area contributed by atoms with Crippen LogP contribution >= 0.6 is 11.6 Å². The van der Waals surface area contributed by atoms with Gasteiger partial charge in [-0.25, -0.2) is 12.8 Å². The summed E-state index contributed by atoms with van der Waals surface area (Å²) in [5.41, 5.74) is 2.57. The molecule has 0 radical (unpaired) electrons. The first-order chi connectivity index (χ1) is 22.1. The zero-order chi connectivity index (χ0) is 32.7. The quantitative estimate of drug-likeness (QED) is 0.184. The number of nitrogens with zero attached hydrogens (tertiary/aromatic N) is 2. The SMILES string of the molecule is Cc1ccc(S(=O)(=O)N(CC(=O)N(Cc2ccc(F)cc2)[C@@H](Cc2ccccc2)C(=O)NC2CCCC2)c2ccc(Cl)cc2)cc1. The van der Waals surface area contributed by atoms with Gasteiger partial charge in [-0.3, -0.25) is 13.9 Å². The van der Waals surface area contributed by atoms with Gasteiger partial charge in [0.15, 0.2) is 0 Å². The maximum Gasteiger partial charge on any atom is 0.264 e. The second kappa shape index (κ2) is 14.9. The Morgan fingerprint density at radius 1 is 0.870 bits per heavy atom. The molecule has 0 spiro atoms. The highest BCUT2D eigenvalue weighted by Crippen LogP contribution is 2.27. The Morgan fingerprint density at radius 2 is 1.50 bits per heavy atom. The highest BCUT2D eigenvalue weighted by molar-refractivity contribution is 7.92. The molecule has 0 bridgehead atoms. The molecule has 1 N–H and O–H groups in total. The van der Waals surface area contributed by atoms with Gasteiger partial charge >= 0.3 is 0 Å². The third-order valence-electron chi connectivity index (χ3n) is 8.24. The number of anilines is 1. The van der Waals surface area contributed by atoms with Crippen molar-refractivity contribution >= 4 is 39.1 Å². The van der Waals surface area contributed by atoms with E-state index in [1.807, 2.05) is 37.3 Å². The maximum absolute atomic E-state index is 14.5. The second-order valence-electron chi connectivity index (χ2n) is 11.6. The van der Waals surface area contributed by atoms with Crippen molar-refractivity contribution in [3.05, 3.63) is 131 Å². The molecule has 1 saturated carbocycles. The van der Waals surface area contributed by atoms with Crippen LogP contribution in [0.5, 0.6) is 0 Å². The predicted molar refractivity (Wildman–Crippen MR) is 178 cm³/mol. The molecule has 1 aliphatic rings. The highest BCUT2D eigenvalue weighted by atomic mass is 35.5. The molecule has 0 saturated heterocycles. The van der Waals surface area contributed by atoms with E-state index in [1.54, 1.807) is 48.5 Å². The summed E-state index contributed by atoms with van der Waals surface area (Å²) in [5, 5.41) is 3.55. The molecule has 7 nitrogen and oxygen atoms in total. The van der Waals surface area contributed by atoms with Crippen LogP contribution in [0.25, 0.3) is 0 Å². The van der Waals surface area contributed by atoms with Crippen LogP contribution in [0, 0.1) is 12.7 Å². The Kier molecular flexibility index (Phi) is 10.8. The molecule has 4 aromatic rings. The van der Waals surface area contributed by atoms with Crippen molar-refractivity contribution in [2.45, 2.75) is 62.6 Å². The van der Waals surface area contributed by atoms with Crippen LogP contribution in [0.4, 0.5) is 10.1 Å². The van der Waals surface area contributed by atoms with Crippen LogP contribution in [0.2, 0.25) is 5.02 Å². The summed E-state index contributed by atoms with van der Waals surface area (Å²) >= 11 is 6.13. The van der Waals surface area contributed by atoms with Crippen LogP contribution in [0.3, 0.4) is 0 Å². The number of hydrogen-bond acceptors (Lipinski definition) is 4. The minimum atomic E-state index is -4.22. The van der Waals surface area contributed by atoms with Crippen LogP contribution in [-0.2, 0) is 32.6 Å². The normalized spacial score (nSPS) is 14.1. The standard InChI is InChI=1S/C36H37ClFN3O4S/c1-26-11-21-33(22-12-26)46(44,45)41(32-19-15-29(37)16-20-32)25-35(42)40(24-28-13-17-30(38)18-14-28)34(23-27-7-3-2-4-8-27)36(43)39-31-9-5-6-10-31/h2-4,7-8,11-22,31,34H,5-6,9-10,23-25H2,1H3,(H,39,43)/t34-/m0/s1. The fourth-order valence-electron chi connectivity index (χ4n) is 5.68. The largest absolute Gasteiger partial charge is 0.352 e. The van der Waals surface area contributed by atoms with E-state index >= 15 is 0 Å². The molecule has 0 aromatic heterocycles. The van der Waals surface area contributed by atoms with Gasteiger partial charge in [0.2, 0.25) is 11.8 Å². The number of rotatable bonds is 12. The number of halogens is 2. The van der Waals surface area contributed by atoms with E-state index in [9.17, 15) is 22.4 Å². The van der Waals surface area contributed by atoms with Gasteiger partial charge in [-0.05, 0) is 79.4 Å². The Labute approximate surface area is 275 Å². The van der Waals surface area contributed by atoms with Gasteiger partial charge in [0.05, 0.1) is 10.6 Å². The Morgan fingerprint density at radius 3 is 2.13 bits per heavy atom. The summed E-state index contributed by atoms with van der Waals surface area (Å²) in [7, 11) is -4.22. The number of nitrogens with one attached hydrogen (secondary N) is 1. The van der Waals surface area contributed by atoms with E-state index in [1.165, 1.54) is 29.2 Å². The van der Waals surface area contributed by atoms with Crippen molar-refractivity contribution in [3.8, 4) is 0 Å². The lowest BCUT2D eigenvalue weighted by Crippen LogP contribution is -2.54. The fourth-order valence-corrected chi connectivity index (χ4v) is 7.22. The Hall–Kier alpha value is -4.21. The third kappa shape index (κ3) is 8.33. The Balaban J connectivity index is 1.55. The van der Waals surface area contributed by atoms with Crippen molar-refractivity contribution in [2.24, 2.45) is 0 Å². The van der Waals surface area contributed by atoms with E-state index < -0.39 is 34.3 Å². The molecule has 46 heavy (non-hydrogen) atoms. The smallest absolute Gasteiger partial charge is 0.264 e. The summed E-state index contributed by atoms with van der Waals surface area (Å²) in [6.45, 7) is 1.24. The van der Waals surface area contributed by atoms with Crippen molar-refractivity contribution in [2.75, 3.05) is 10.8 Å².